The summed E-state index contributed by atoms with van der Waals surface area (Å²) in [7, 11) is 0. The second-order valence-electron chi connectivity index (χ2n) is 54.8. The fourth-order valence-electron chi connectivity index (χ4n) is 41.1. The molecule has 20 rings (SSSR count). The summed E-state index contributed by atoms with van der Waals surface area (Å²) in [5.41, 5.74) is -0.0109. The average molecular weight is 1890 g/mol. The molecule has 0 aromatic rings. The molecule has 20 fully saturated rings. The van der Waals surface area contributed by atoms with Crippen LogP contribution in [0.4, 0.5) is 0 Å². The molecular formula is C125H210O10. The first-order valence-corrected chi connectivity index (χ1v) is 57.3. The van der Waals surface area contributed by atoms with Gasteiger partial charge in [-0.2, -0.15) is 0 Å². The molecule has 0 aromatic carbocycles. The van der Waals surface area contributed by atoms with Crippen LogP contribution in [0.3, 0.4) is 0 Å². The summed E-state index contributed by atoms with van der Waals surface area (Å²) in [5.74, 6) is 14.6. The second-order valence-corrected chi connectivity index (χ2v) is 54.8. The summed E-state index contributed by atoms with van der Waals surface area (Å²) in [4.78, 5) is 57.6. The van der Waals surface area contributed by atoms with Gasteiger partial charge in [-0.25, -0.2) is 0 Å². The van der Waals surface area contributed by atoms with E-state index in [1.54, 1.807) is 34.6 Å². The lowest BCUT2D eigenvalue weighted by Gasteiger charge is -2.61. The zero-order chi connectivity index (χ0) is 114. The quantitative estimate of drug-likeness (QED) is 0.0785. The van der Waals surface area contributed by atoms with Gasteiger partial charge in [0, 0.05) is 54.0 Å². The minimum Gasteiger partial charge on any atom is -0.393 e. The molecule has 45 atom stereocenters. The number of fused-ring (bicyclic) bond motifs is 25. The predicted octanol–water partition coefficient (Wildman–Crippen LogP) is 30.1. The molecule has 0 amide bonds. The smallest absolute Gasteiger partial charge is 0.129 e. The van der Waals surface area contributed by atoms with Crippen LogP contribution in [0.25, 0.3) is 0 Å². The highest BCUT2D eigenvalue weighted by Gasteiger charge is 2.68. The van der Waals surface area contributed by atoms with Gasteiger partial charge in [-0.1, -0.05) is 104 Å². The Bertz CT molecular complexity index is 4740. The van der Waals surface area contributed by atoms with Crippen molar-refractivity contribution in [1.82, 2.24) is 0 Å². The summed E-state index contributed by atoms with van der Waals surface area (Å²) in [6.07, 6.45) is 17.8. The fraction of sp³-hybridized carbons (Fsp3) is 0.960. The molecular weight excluding hydrogens is 1660 g/mol. The predicted molar refractivity (Wildman–Crippen MR) is 552 cm³/mol. The third-order valence-corrected chi connectivity index (χ3v) is 48.5. The summed E-state index contributed by atoms with van der Waals surface area (Å²) in [6, 6.07) is 0. The van der Waals surface area contributed by atoms with Crippen molar-refractivity contribution >= 4 is 28.9 Å². The Morgan fingerprint density at radius 2 is 0.444 bits per heavy atom. The molecule has 0 heterocycles. The van der Waals surface area contributed by atoms with E-state index >= 15 is 0 Å². The maximum absolute atomic E-state index is 11.5. The highest BCUT2D eigenvalue weighted by atomic mass is 16.3. The number of hydrogen-bond donors (Lipinski definition) is 5. The van der Waals surface area contributed by atoms with E-state index in [0.717, 1.165) is 159 Å². The molecule has 135 heavy (non-hydrogen) atoms. The molecule has 0 aromatic heterocycles. The van der Waals surface area contributed by atoms with Crippen molar-refractivity contribution in [3.8, 4) is 0 Å². The molecule has 20 aliphatic carbocycles. The first-order chi connectivity index (χ1) is 70.8. The van der Waals surface area contributed by atoms with Gasteiger partial charge in [0.1, 0.15) is 28.9 Å². The number of rotatable bonds is 20. The minimum absolute atomic E-state index is 0.0627. The molecule has 0 unspecified atom stereocenters. The summed E-state index contributed by atoms with van der Waals surface area (Å²) < 4.78 is 162. The van der Waals surface area contributed by atoms with Gasteiger partial charge in [-0.15, -0.1) is 0 Å². The van der Waals surface area contributed by atoms with Crippen LogP contribution in [0.15, 0.2) is 0 Å². The molecule has 770 valence electrons. The molecule has 10 nitrogen and oxygen atoms in total. The van der Waals surface area contributed by atoms with Crippen LogP contribution in [0.1, 0.15) is 517 Å². The Labute approximate surface area is 853 Å². The van der Waals surface area contributed by atoms with E-state index in [1.807, 2.05) is 0 Å². The minimum atomic E-state index is -2.72. The zero-order valence-corrected chi connectivity index (χ0v) is 89.0. The molecule has 0 aliphatic heterocycles. The molecule has 0 radical (unpaired) electrons. The van der Waals surface area contributed by atoms with Gasteiger partial charge >= 0.3 is 0 Å². The topological polar surface area (TPSA) is 186 Å². The van der Waals surface area contributed by atoms with E-state index in [1.165, 1.54) is 89.9 Å². The molecule has 5 N–H and O–H groups in total. The first-order valence-electron chi connectivity index (χ1n) is 66.8. The standard InChI is InChI=1S/5C25H42O2/c5*1-16(5-6-17(2)26)21-9-10-22-20-8-7-18-15-19(27)11-13-24(18,3)23(20)12-14-25(21,22)4/h5*16,18-23,27H,5-15H2,1-4H3/t2*16-,18+,19+,20+,21-,22+,23+,24+,25-;3*16-,18-,19+,20+,21-,22+,23+,24+,25-/m11111/s1/i11D2,15D2,19D;11D2,15D2;11D2,15D2,19D;11D2,15D2;19D. The van der Waals surface area contributed by atoms with Crippen molar-refractivity contribution in [2.24, 2.45) is 232 Å². The van der Waals surface area contributed by atoms with Gasteiger partial charge in [-0.05, 0) is 587 Å². The van der Waals surface area contributed by atoms with Crippen molar-refractivity contribution in [3.05, 3.63) is 0 Å². The van der Waals surface area contributed by atoms with Crippen LogP contribution in [0.5, 0.6) is 0 Å². The summed E-state index contributed by atoms with van der Waals surface area (Å²) in [6.45, 7) is 43.5. The molecule has 0 spiro atoms. The van der Waals surface area contributed by atoms with Crippen LogP contribution in [-0.4, -0.2) is 84.9 Å². The average Bonchev–Trinajstić information content (AvgIpc) is 1.09. The highest BCUT2D eigenvalue weighted by Crippen LogP contribution is 2.76. The number of hydrogen-bond acceptors (Lipinski definition) is 10. The molecule has 0 bridgehead atoms. The molecule has 20 saturated carbocycles. The number of aliphatic hydroxyl groups is 5. The third-order valence-electron chi connectivity index (χ3n) is 48.5. The van der Waals surface area contributed by atoms with E-state index in [2.05, 4.69) is 104 Å². The third kappa shape index (κ3) is 20.2. The van der Waals surface area contributed by atoms with Crippen molar-refractivity contribution in [2.75, 3.05) is 0 Å². The number of carbonyl (C=O) groups is 5. The normalized spacial score (nSPS) is 57.1. The lowest BCUT2D eigenvalue weighted by Crippen LogP contribution is -2.54. The Balaban J connectivity index is 0.000000136. The van der Waals surface area contributed by atoms with Gasteiger partial charge < -0.3 is 49.5 Å². The van der Waals surface area contributed by atoms with Crippen molar-refractivity contribution < 1.29 is 75.5 Å². The Kier molecular flexibility index (Phi) is 25.8. The lowest BCUT2D eigenvalue weighted by molar-refractivity contribution is -0.129. The highest BCUT2D eigenvalue weighted by molar-refractivity contribution is 5.76. The van der Waals surface area contributed by atoms with Crippen molar-refractivity contribution in [1.29, 1.82) is 0 Å². The van der Waals surface area contributed by atoms with Crippen LogP contribution in [0.2, 0.25) is 0 Å². The van der Waals surface area contributed by atoms with Crippen LogP contribution in [-0.2, 0) is 24.0 Å². The monoisotopic (exact) mass is 1890 g/mol. The van der Waals surface area contributed by atoms with E-state index in [-0.39, 0.29) is 94.1 Å². The Hall–Kier alpha value is -1.85. The molecule has 10 heteroatoms. The number of carbonyl (C=O) groups excluding carboxylic acids is 5. The number of ketones is 5. The fourth-order valence-corrected chi connectivity index (χ4v) is 41.1. The van der Waals surface area contributed by atoms with Gasteiger partial charge in [0.25, 0.3) is 0 Å². The maximum atomic E-state index is 11.5. The van der Waals surface area contributed by atoms with Gasteiger partial charge in [-0.3, -0.25) is 0 Å². The van der Waals surface area contributed by atoms with Gasteiger partial charge in [0.2, 0.25) is 0 Å². The second kappa shape index (κ2) is 41.8. The van der Waals surface area contributed by atoms with Crippen molar-refractivity contribution in [2.45, 2.75) is 522 Å². The number of aliphatic hydroxyl groups excluding tert-OH is 2. The SMILES string of the molecule is [2H]C1([2H])C[C@@]2(C)[C@H](CC[C@@H]3[C@@H]2CC[C@]2(C)[C@@H]([C@H](C)CCC(C)=O)CC[C@@H]32)C([2H])([2H])[C@@]1([2H])O.[2H]C1([2H])C[C@@]2(C)[C@H](CC[C@@H]3[C@@H]2CC[C@]2(C)[C@@H]([C@H](C)CCC(C)=O)CC[C@@H]32)C([2H])([2H])[C@H]1O.[2H]C1([2H])C[C@]2(C)[C@H]3CC[C@]4(C)[C@@H]([C@H](C)CCC(C)=O)CC[C@H]4[C@@H]3CC[C@H]2C([2H])([2H])[C@@]1([2H])O.[2H]C1([2H])C[C@]2(C)[C@H]3CC[C@]4(C)[C@@H]([C@H](C)CCC(C)=O)CC[C@H]4[C@@H]3CC[C@H]2C([2H])([2H])[C@H]1O.[2H][C@]1(O)CC[C@@]2(C)[C@H](CC[C@@H]3[C@@H]2CC[C@]2(C)[C@@H]([C@H](C)CCC(C)=O)CC[C@@H]32)C1. The van der Waals surface area contributed by atoms with Gasteiger partial charge in [0.05, 0.1) is 34.6 Å². The first kappa shape index (κ1) is 83.2. The van der Waals surface area contributed by atoms with Gasteiger partial charge in [0.15, 0.2) is 0 Å². The van der Waals surface area contributed by atoms with E-state index in [4.69, 9.17) is 26.0 Å². The van der Waals surface area contributed by atoms with Crippen LogP contribution in [0, 0.1) is 232 Å². The molecule has 0 saturated heterocycles. The largest absolute Gasteiger partial charge is 0.393 e. The Morgan fingerprint density at radius 1 is 0.244 bits per heavy atom. The van der Waals surface area contributed by atoms with Crippen molar-refractivity contribution in [3.63, 3.8) is 0 Å². The van der Waals surface area contributed by atoms with Crippen LogP contribution >= 0.6 is 0 Å². The Morgan fingerprint density at radius 3 is 0.681 bits per heavy atom. The van der Waals surface area contributed by atoms with E-state index in [9.17, 15) is 49.5 Å². The summed E-state index contributed by atoms with van der Waals surface area (Å²) >= 11 is 0. The zero-order valence-electron chi connectivity index (χ0n) is 108. The summed E-state index contributed by atoms with van der Waals surface area (Å²) in [5, 5.41) is 52.7. The van der Waals surface area contributed by atoms with E-state index in [0.29, 0.717) is 186 Å². The number of Topliss-reactive ketones (excluding diaryl/α,β-unsaturated/α-hetero) is 5. The maximum Gasteiger partial charge on any atom is 0.129 e. The lowest BCUT2D eigenvalue weighted by atomic mass is 9.44. The van der Waals surface area contributed by atoms with E-state index < -0.39 is 115 Å². The molecule has 20 aliphatic rings. The van der Waals surface area contributed by atoms with Crippen LogP contribution < -0.4 is 0 Å².